The number of fused-ring (bicyclic) bond motifs is 5. The summed E-state index contributed by atoms with van der Waals surface area (Å²) < 4.78 is 0. The maximum atomic E-state index is 2.76. The average molecular weight is 345 g/mol. The molecule has 0 heterocycles. The fraction of sp³-hybridized carbons (Fsp3) is 1.00. The molecule has 0 amide bonds. The standard InChI is InChI=1S/C25H44/c1-7-18-19(8-2)23-20-10-9-17(4)24(20,5)14-12-21(23)25(6)13-11-16(3)15-22(18)25/h16-23H,7-15H2,1-6H3/t16-,17+,18-,19+,20?,21?,22-,23?,24+,25+/m0/s1. The fourth-order valence-electron chi connectivity index (χ4n) is 9.26. The fourth-order valence-corrected chi connectivity index (χ4v) is 9.26. The first-order valence-corrected chi connectivity index (χ1v) is 11.9. The second-order valence-corrected chi connectivity index (χ2v) is 11.4. The van der Waals surface area contributed by atoms with Gasteiger partial charge in [0.1, 0.15) is 0 Å². The van der Waals surface area contributed by atoms with Crippen LogP contribution in [0.25, 0.3) is 0 Å². The van der Waals surface area contributed by atoms with Gasteiger partial charge in [-0.05, 0) is 96.7 Å². The lowest BCUT2D eigenvalue weighted by molar-refractivity contribution is -0.172. The van der Waals surface area contributed by atoms with E-state index in [2.05, 4.69) is 41.5 Å². The minimum atomic E-state index is 0.663. The summed E-state index contributed by atoms with van der Waals surface area (Å²) >= 11 is 0. The highest BCUT2D eigenvalue weighted by Crippen LogP contribution is 2.70. The summed E-state index contributed by atoms with van der Waals surface area (Å²) in [6.07, 6.45) is 13.6. The molecule has 0 heteroatoms. The summed E-state index contributed by atoms with van der Waals surface area (Å²) in [6, 6.07) is 0. The van der Waals surface area contributed by atoms with Crippen LogP contribution in [0, 0.1) is 58.2 Å². The van der Waals surface area contributed by atoms with E-state index in [0.717, 1.165) is 47.3 Å². The molecule has 25 heavy (non-hydrogen) atoms. The first-order valence-electron chi connectivity index (χ1n) is 11.9. The molecule has 4 fully saturated rings. The van der Waals surface area contributed by atoms with Crippen molar-refractivity contribution in [3.8, 4) is 0 Å². The van der Waals surface area contributed by atoms with Crippen LogP contribution in [0.4, 0.5) is 0 Å². The number of rotatable bonds is 2. The van der Waals surface area contributed by atoms with E-state index in [1.807, 2.05) is 0 Å². The van der Waals surface area contributed by atoms with Crippen molar-refractivity contribution in [2.24, 2.45) is 58.2 Å². The van der Waals surface area contributed by atoms with Crippen molar-refractivity contribution < 1.29 is 0 Å². The maximum absolute atomic E-state index is 2.76. The van der Waals surface area contributed by atoms with Crippen molar-refractivity contribution in [3.63, 3.8) is 0 Å². The molecule has 0 aromatic heterocycles. The van der Waals surface area contributed by atoms with Gasteiger partial charge in [-0.1, -0.05) is 60.8 Å². The molecule has 0 aromatic carbocycles. The largest absolute Gasteiger partial charge is 0.0651 e. The summed E-state index contributed by atoms with van der Waals surface area (Å²) in [5, 5.41) is 0. The topological polar surface area (TPSA) is 0 Å². The molecule has 0 radical (unpaired) electrons. The predicted octanol–water partition coefficient (Wildman–Crippen LogP) is 7.57. The zero-order valence-electron chi connectivity index (χ0n) is 18.0. The monoisotopic (exact) mass is 344 g/mol. The predicted molar refractivity (Wildman–Crippen MR) is 108 cm³/mol. The zero-order valence-corrected chi connectivity index (χ0v) is 18.0. The van der Waals surface area contributed by atoms with Crippen LogP contribution < -0.4 is 0 Å². The molecule has 0 bridgehead atoms. The van der Waals surface area contributed by atoms with Gasteiger partial charge in [0, 0.05) is 0 Å². The van der Waals surface area contributed by atoms with Gasteiger partial charge in [0.2, 0.25) is 0 Å². The number of hydrogen-bond acceptors (Lipinski definition) is 0. The summed E-state index contributed by atoms with van der Waals surface area (Å²) in [7, 11) is 0. The van der Waals surface area contributed by atoms with Gasteiger partial charge in [0.25, 0.3) is 0 Å². The van der Waals surface area contributed by atoms with E-state index in [9.17, 15) is 0 Å². The molecular formula is C25H44. The maximum Gasteiger partial charge on any atom is -0.0263 e. The lowest BCUT2D eigenvalue weighted by atomic mass is 9.39. The van der Waals surface area contributed by atoms with E-state index in [1.165, 1.54) is 44.9 Å². The normalized spacial score (nSPS) is 58.3. The van der Waals surface area contributed by atoms with Gasteiger partial charge in [-0.15, -0.1) is 0 Å². The van der Waals surface area contributed by atoms with Crippen LogP contribution >= 0.6 is 0 Å². The van der Waals surface area contributed by atoms with Crippen LogP contribution in [0.5, 0.6) is 0 Å². The minimum absolute atomic E-state index is 0.663. The highest BCUT2D eigenvalue weighted by Gasteiger charge is 2.63. The molecule has 0 aromatic rings. The highest BCUT2D eigenvalue weighted by molar-refractivity contribution is 5.12. The summed E-state index contributed by atoms with van der Waals surface area (Å²) in [5.41, 5.74) is 1.33. The molecule has 4 saturated carbocycles. The third kappa shape index (κ3) is 2.44. The first kappa shape index (κ1) is 18.4. The molecule has 0 nitrogen and oxygen atoms in total. The Morgan fingerprint density at radius 3 is 2.04 bits per heavy atom. The van der Waals surface area contributed by atoms with Crippen LogP contribution in [-0.4, -0.2) is 0 Å². The molecule has 0 saturated heterocycles. The average Bonchev–Trinajstić information content (AvgIpc) is 2.90. The Morgan fingerprint density at radius 1 is 0.720 bits per heavy atom. The van der Waals surface area contributed by atoms with Gasteiger partial charge in [-0.2, -0.15) is 0 Å². The van der Waals surface area contributed by atoms with Gasteiger partial charge in [-0.3, -0.25) is 0 Å². The van der Waals surface area contributed by atoms with Crippen molar-refractivity contribution in [1.82, 2.24) is 0 Å². The summed E-state index contributed by atoms with van der Waals surface area (Å²) in [5.74, 6) is 8.13. The molecule has 0 aliphatic heterocycles. The second-order valence-electron chi connectivity index (χ2n) is 11.4. The van der Waals surface area contributed by atoms with Crippen molar-refractivity contribution in [2.45, 2.75) is 99.3 Å². The van der Waals surface area contributed by atoms with Gasteiger partial charge in [0.15, 0.2) is 0 Å². The number of hydrogen-bond donors (Lipinski definition) is 0. The Kier molecular flexibility index (Phi) is 4.61. The van der Waals surface area contributed by atoms with E-state index < -0.39 is 0 Å². The molecular weight excluding hydrogens is 300 g/mol. The molecule has 4 aliphatic rings. The Morgan fingerprint density at radius 2 is 1.36 bits per heavy atom. The van der Waals surface area contributed by atoms with Crippen LogP contribution in [0.3, 0.4) is 0 Å². The highest BCUT2D eigenvalue weighted by atomic mass is 14.7. The molecule has 10 atom stereocenters. The molecule has 4 rings (SSSR count). The van der Waals surface area contributed by atoms with Crippen molar-refractivity contribution in [1.29, 1.82) is 0 Å². The summed E-state index contributed by atoms with van der Waals surface area (Å²) in [6.45, 7) is 15.6. The first-order chi connectivity index (χ1) is 11.9. The van der Waals surface area contributed by atoms with Crippen LogP contribution in [0.15, 0.2) is 0 Å². The van der Waals surface area contributed by atoms with E-state index in [1.54, 1.807) is 12.8 Å². The third-order valence-corrected chi connectivity index (χ3v) is 10.8. The zero-order chi connectivity index (χ0) is 18.0. The van der Waals surface area contributed by atoms with E-state index >= 15 is 0 Å². The minimum Gasteiger partial charge on any atom is -0.0651 e. The molecule has 0 N–H and O–H groups in total. The molecule has 0 spiro atoms. The van der Waals surface area contributed by atoms with E-state index in [-0.39, 0.29) is 0 Å². The lowest BCUT2D eigenvalue weighted by Gasteiger charge is -2.66. The Hall–Kier alpha value is 0. The quantitative estimate of drug-likeness (QED) is 0.484. The van der Waals surface area contributed by atoms with E-state index in [4.69, 9.17) is 0 Å². The van der Waals surface area contributed by atoms with Gasteiger partial charge < -0.3 is 0 Å². The third-order valence-electron chi connectivity index (χ3n) is 10.8. The van der Waals surface area contributed by atoms with Gasteiger partial charge in [0.05, 0.1) is 0 Å². The second kappa shape index (κ2) is 6.27. The van der Waals surface area contributed by atoms with E-state index in [0.29, 0.717) is 10.8 Å². The van der Waals surface area contributed by atoms with Crippen LogP contribution in [0.1, 0.15) is 99.3 Å². The smallest absolute Gasteiger partial charge is 0.0263 e. The Balaban J connectivity index is 1.76. The Bertz CT molecular complexity index is 494. The Labute approximate surface area is 157 Å². The van der Waals surface area contributed by atoms with Gasteiger partial charge >= 0.3 is 0 Å². The molecule has 4 aliphatic carbocycles. The van der Waals surface area contributed by atoms with Gasteiger partial charge in [-0.25, -0.2) is 0 Å². The van der Waals surface area contributed by atoms with Crippen LogP contribution in [-0.2, 0) is 0 Å². The molecule has 3 unspecified atom stereocenters. The summed E-state index contributed by atoms with van der Waals surface area (Å²) in [4.78, 5) is 0. The SMILES string of the molecule is CC[C@H]1[C@@H](CC)C2C3CC[C@@H](C)[C@@]3(C)CCC2[C@@]2(C)CC[C@H](C)C[C@@H]12. The van der Waals surface area contributed by atoms with Crippen molar-refractivity contribution >= 4 is 0 Å². The van der Waals surface area contributed by atoms with Crippen LogP contribution in [0.2, 0.25) is 0 Å². The molecule has 144 valence electrons. The lowest BCUT2D eigenvalue weighted by Crippen LogP contribution is -2.59. The van der Waals surface area contributed by atoms with Crippen molar-refractivity contribution in [3.05, 3.63) is 0 Å². The van der Waals surface area contributed by atoms with Crippen molar-refractivity contribution in [2.75, 3.05) is 0 Å².